The molecule has 1 fully saturated rings. The van der Waals surface area contributed by atoms with Gasteiger partial charge < -0.3 is 20.5 Å². The zero-order valence-electron chi connectivity index (χ0n) is 19.6. The van der Waals surface area contributed by atoms with Crippen molar-refractivity contribution in [1.82, 2.24) is 20.0 Å². The van der Waals surface area contributed by atoms with Crippen LogP contribution in [0.2, 0.25) is 0 Å². The van der Waals surface area contributed by atoms with Crippen molar-refractivity contribution in [2.45, 2.75) is 31.5 Å². The SMILES string of the molecule is Cl.N=C(N)N1CCC[C@H]1Cc1nc(-c2ccc(Nc3nc(-c4cc(C(F)(F)F)ccc4F)cs3)cc2)no1. The summed E-state index contributed by atoms with van der Waals surface area (Å²) in [7, 11) is 0. The molecule has 0 unspecified atom stereocenters. The molecule has 1 aliphatic heterocycles. The van der Waals surface area contributed by atoms with Crippen molar-refractivity contribution in [2.24, 2.45) is 5.73 Å². The van der Waals surface area contributed by atoms with Crippen LogP contribution in [0.3, 0.4) is 0 Å². The van der Waals surface area contributed by atoms with Crippen LogP contribution in [0.15, 0.2) is 52.4 Å². The maximum Gasteiger partial charge on any atom is 0.416 e. The number of benzene rings is 2. The summed E-state index contributed by atoms with van der Waals surface area (Å²) in [5.74, 6) is 0.145. The second kappa shape index (κ2) is 11.0. The number of aromatic nitrogens is 3. The number of nitrogens with two attached hydrogens (primary N) is 1. The van der Waals surface area contributed by atoms with Crippen molar-refractivity contribution < 1.29 is 22.1 Å². The van der Waals surface area contributed by atoms with Crippen molar-refractivity contribution in [3.8, 4) is 22.6 Å². The fourth-order valence-electron chi connectivity index (χ4n) is 4.20. The van der Waals surface area contributed by atoms with Crippen LogP contribution < -0.4 is 11.1 Å². The van der Waals surface area contributed by atoms with E-state index in [0.717, 1.165) is 48.4 Å². The summed E-state index contributed by atoms with van der Waals surface area (Å²) in [5, 5.41) is 16.7. The second-order valence-corrected chi connectivity index (χ2v) is 9.38. The molecule has 0 amide bonds. The Hall–Kier alpha value is -3.71. The largest absolute Gasteiger partial charge is 0.416 e. The number of alkyl halides is 3. The van der Waals surface area contributed by atoms with Gasteiger partial charge in [-0.2, -0.15) is 18.2 Å². The van der Waals surface area contributed by atoms with Crippen LogP contribution in [0.25, 0.3) is 22.6 Å². The van der Waals surface area contributed by atoms with Crippen LogP contribution in [-0.2, 0) is 12.6 Å². The number of halogens is 5. The number of rotatable bonds is 6. The summed E-state index contributed by atoms with van der Waals surface area (Å²) in [6.45, 7) is 0.741. The lowest BCUT2D eigenvalue weighted by Gasteiger charge is -2.23. The first-order chi connectivity index (χ1) is 17.7. The topological polar surface area (TPSA) is 117 Å². The van der Waals surface area contributed by atoms with E-state index in [-0.39, 0.29) is 35.7 Å². The van der Waals surface area contributed by atoms with Gasteiger partial charge in [0.15, 0.2) is 11.1 Å². The number of guanidine groups is 1. The molecule has 5 rings (SSSR count). The first-order valence-electron chi connectivity index (χ1n) is 11.3. The van der Waals surface area contributed by atoms with E-state index in [1.165, 1.54) is 5.38 Å². The van der Waals surface area contributed by atoms with Gasteiger partial charge in [0, 0.05) is 41.2 Å². The van der Waals surface area contributed by atoms with E-state index in [4.69, 9.17) is 15.7 Å². The van der Waals surface area contributed by atoms with E-state index in [0.29, 0.717) is 35.0 Å². The molecule has 14 heteroatoms. The van der Waals surface area contributed by atoms with E-state index >= 15 is 0 Å². The molecular weight excluding hydrogens is 546 g/mol. The van der Waals surface area contributed by atoms with Crippen LogP contribution >= 0.6 is 23.7 Å². The average Bonchev–Trinajstić information content (AvgIpc) is 3.61. The van der Waals surface area contributed by atoms with Crippen molar-refractivity contribution in [1.29, 1.82) is 5.41 Å². The fraction of sp³-hybridized carbons (Fsp3) is 0.250. The number of nitrogens with zero attached hydrogens (tertiary/aromatic N) is 4. The molecule has 3 heterocycles. The summed E-state index contributed by atoms with van der Waals surface area (Å²) in [6.07, 6.45) is -2.22. The molecule has 4 aromatic rings. The Labute approximate surface area is 224 Å². The van der Waals surface area contributed by atoms with Gasteiger partial charge >= 0.3 is 6.18 Å². The standard InChI is InChI=1S/C24H21F4N7OS.ClH/c25-18-8-5-14(24(26,27)28)10-17(18)19-12-37-23(32-19)31-15-6-3-13(4-7-15)21-33-20(36-34-21)11-16-2-1-9-35(16)22(29)30;/h3-8,10,12,16H,1-2,9,11H2,(H3,29,30)(H,31,32);1H/t16-;/m0./s1. The second-order valence-electron chi connectivity index (χ2n) is 8.52. The Morgan fingerprint density at radius 2 is 1.95 bits per heavy atom. The molecule has 200 valence electrons. The molecule has 2 aromatic carbocycles. The first kappa shape index (κ1) is 27.3. The number of nitrogens with one attached hydrogen (secondary N) is 2. The third-order valence-corrected chi connectivity index (χ3v) is 6.79. The van der Waals surface area contributed by atoms with Gasteiger partial charge in [-0.3, -0.25) is 5.41 Å². The summed E-state index contributed by atoms with van der Waals surface area (Å²) in [4.78, 5) is 10.5. The van der Waals surface area contributed by atoms with Gasteiger partial charge in [0.25, 0.3) is 0 Å². The van der Waals surface area contributed by atoms with Crippen molar-refractivity contribution in [3.05, 3.63) is 65.1 Å². The maximum atomic E-state index is 14.2. The fourth-order valence-corrected chi connectivity index (χ4v) is 4.93. The zero-order valence-corrected chi connectivity index (χ0v) is 21.3. The number of hydrogen-bond acceptors (Lipinski definition) is 7. The smallest absolute Gasteiger partial charge is 0.370 e. The van der Waals surface area contributed by atoms with Gasteiger partial charge in [-0.1, -0.05) is 5.16 Å². The molecule has 0 radical (unpaired) electrons. The highest BCUT2D eigenvalue weighted by molar-refractivity contribution is 7.14. The van der Waals surface area contributed by atoms with Gasteiger partial charge in [0.1, 0.15) is 5.82 Å². The highest BCUT2D eigenvalue weighted by Crippen LogP contribution is 2.35. The van der Waals surface area contributed by atoms with E-state index in [1.54, 1.807) is 24.3 Å². The third kappa shape index (κ3) is 5.89. The quantitative estimate of drug-likeness (QED) is 0.147. The van der Waals surface area contributed by atoms with Crippen LogP contribution in [0.5, 0.6) is 0 Å². The molecule has 0 saturated carbocycles. The lowest BCUT2D eigenvalue weighted by Crippen LogP contribution is -2.41. The van der Waals surface area contributed by atoms with E-state index in [2.05, 4.69) is 20.4 Å². The molecule has 2 aromatic heterocycles. The van der Waals surface area contributed by atoms with Crippen LogP contribution in [0.4, 0.5) is 28.4 Å². The molecule has 4 N–H and O–H groups in total. The number of hydrogen-bond donors (Lipinski definition) is 3. The van der Waals surface area contributed by atoms with E-state index in [9.17, 15) is 17.6 Å². The number of thiazole rings is 1. The van der Waals surface area contributed by atoms with Crippen LogP contribution in [0, 0.1) is 11.2 Å². The minimum absolute atomic E-state index is 0. The highest BCUT2D eigenvalue weighted by Gasteiger charge is 2.31. The van der Waals surface area contributed by atoms with Gasteiger partial charge in [0.05, 0.1) is 11.3 Å². The number of anilines is 2. The lowest BCUT2D eigenvalue weighted by molar-refractivity contribution is -0.137. The normalized spacial score (nSPS) is 15.4. The van der Waals surface area contributed by atoms with Crippen molar-refractivity contribution in [2.75, 3.05) is 11.9 Å². The Bertz CT molecular complexity index is 1420. The monoisotopic (exact) mass is 567 g/mol. The highest BCUT2D eigenvalue weighted by atomic mass is 35.5. The van der Waals surface area contributed by atoms with Gasteiger partial charge in [0.2, 0.25) is 11.7 Å². The van der Waals surface area contributed by atoms with Crippen LogP contribution in [0.1, 0.15) is 24.3 Å². The predicted octanol–water partition coefficient (Wildman–Crippen LogP) is 6.08. The number of likely N-dealkylation sites (tertiary alicyclic amines) is 1. The van der Waals surface area contributed by atoms with Gasteiger partial charge in [-0.25, -0.2) is 9.37 Å². The Morgan fingerprint density at radius 3 is 2.66 bits per heavy atom. The molecule has 38 heavy (non-hydrogen) atoms. The van der Waals surface area contributed by atoms with Crippen molar-refractivity contribution in [3.63, 3.8) is 0 Å². The summed E-state index contributed by atoms with van der Waals surface area (Å²) in [6, 6.07) is 9.42. The minimum Gasteiger partial charge on any atom is -0.370 e. The van der Waals surface area contributed by atoms with E-state index < -0.39 is 17.6 Å². The molecule has 0 aliphatic carbocycles. The Balaban J connectivity index is 0.00000336. The zero-order chi connectivity index (χ0) is 26.2. The molecular formula is C24H22ClF4N7OS. The van der Waals surface area contributed by atoms with Crippen molar-refractivity contribution >= 4 is 40.5 Å². The molecule has 0 spiro atoms. The lowest BCUT2D eigenvalue weighted by atomic mass is 10.1. The van der Waals surface area contributed by atoms with Crippen LogP contribution in [-0.4, -0.2) is 38.6 Å². The molecule has 1 saturated heterocycles. The predicted molar refractivity (Wildman–Crippen MR) is 138 cm³/mol. The average molecular weight is 568 g/mol. The molecule has 8 nitrogen and oxygen atoms in total. The van der Waals surface area contributed by atoms with E-state index in [1.807, 2.05) is 4.90 Å². The van der Waals surface area contributed by atoms with Gasteiger partial charge in [-0.15, -0.1) is 23.7 Å². The third-order valence-electron chi connectivity index (χ3n) is 6.03. The first-order valence-corrected chi connectivity index (χ1v) is 12.2. The minimum atomic E-state index is -4.58. The summed E-state index contributed by atoms with van der Waals surface area (Å²) >= 11 is 1.14. The molecule has 1 atom stereocenters. The maximum absolute atomic E-state index is 14.2. The van der Waals surface area contributed by atoms with Gasteiger partial charge in [-0.05, 0) is 55.3 Å². The molecule has 1 aliphatic rings. The Morgan fingerprint density at radius 1 is 1.18 bits per heavy atom. The summed E-state index contributed by atoms with van der Waals surface area (Å²) in [5.41, 5.74) is 5.99. The Kier molecular flexibility index (Phi) is 7.88. The summed E-state index contributed by atoms with van der Waals surface area (Å²) < 4.78 is 58.6. The molecule has 0 bridgehead atoms.